The number of nitro groups is 1. The number of amidine groups is 1. The van der Waals surface area contributed by atoms with Crippen molar-refractivity contribution in [2.75, 3.05) is 4.90 Å². The molecule has 0 fully saturated rings. The van der Waals surface area contributed by atoms with Crippen LogP contribution in [0.4, 0.5) is 11.4 Å². The van der Waals surface area contributed by atoms with Crippen LogP contribution < -0.4 is 4.90 Å². The maximum Gasteiger partial charge on any atom is 0.286 e. The fraction of sp³-hybridized carbons (Fsp3) is 0.0952. The lowest BCUT2D eigenvalue weighted by atomic mass is 10.2. The van der Waals surface area contributed by atoms with E-state index in [1.165, 1.54) is 23.9 Å². The summed E-state index contributed by atoms with van der Waals surface area (Å²) in [6.45, 7) is 0.472. The fourth-order valence-corrected chi connectivity index (χ4v) is 5.50. The van der Waals surface area contributed by atoms with Gasteiger partial charge in [-0.25, -0.2) is 0 Å². The summed E-state index contributed by atoms with van der Waals surface area (Å²) in [7, 11) is -3.80. The Hall–Kier alpha value is -3.17. The molecule has 1 heterocycles. The van der Waals surface area contributed by atoms with E-state index in [4.69, 9.17) is 0 Å². The molecule has 0 radical (unpaired) electrons. The van der Waals surface area contributed by atoms with Gasteiger partial charge in [0.1, 0.15) is 4.90 Å². The number of non-ortho nitro benzene ring substituents is 1. The van der Waals surface area contributed by atoms with E-state index in [0.717, 1.165) is 11.1 Å². The second-order valence-electron chi connectivity index (χ2n) is 6.60. The van der Waals surface area contributed by atoms with Crippen molar-refractivity contribution in [3.8, 4) is 0 Å². The minimum atomic E-state index is -3.80. The molecule has 0 amide bonds. The molecule has 0 bridgehead atoms. The van der Waals surface area contributed by atoms with Gasteiger partial charge < -0.3 is 4.90 Å². The summed E-state index contributed by atoms with van der Waals surface area (Å²) in [6, 6.07) is 22.8. The lowest BCUT2D eigenvalue weighted by Gasteiger charge is -2.30. The molecule has 0 atom stereocenters. The van der Waals surface area contributed by atoms with Crippen LogP contribution in [0.5, 0.6) is 0 Å². The number of nitrogens with zero attached hydrogens (tertiary/aromatic N) is 3. The second kappa shape index (κ2) is 8.29. The monoisotopic (exact) mass is 439 g/mol. The summed E-state index contributed by atoms with van der Waals surface area (Å²) in [5, 5.41) is 11.2. The maximum atomic E-state index is 12.7. The Morgan fingerprint density at radius 2 is 1.57 bits per heavy atom. The number of hydrogen-bond acceptors (Lipinski definition) is 6. The van der Waals surface area contributed by atoms with Crippen LogP contribution in [0.25, 0.3) is 0 Å². The van der Waals surface area contributed by atoms with E-state index in [1.54, 1.807) is 36.4 Å². The zero-order chi connectivity index (χ0) is 21.1. The molecule has 0 unspecified atom stereocenters. The molecular formula is C21H17N3O4S2. The summed E-state index contributed by atoms with van der Waals surface area (Å²) in [5.41, 5.74) is 2.46. The Morgan fingerprint density at radius 3 is 2.27 bits per heavy atom. The molecule has 0 spiro atoms. The molecule has 0 saturated heterocycles. The molecule has 152 valence electrons. The minimum absolute atomic E-state index is 0.0148. The first-order valence-corrected chi connectivity index (χ1v) is 11.5. The Morgan fingerprint density at radius 1 is 0.900 bits per heavy atom. The standard InChI is InChI=1S/C21H17N3O4S2/c25-24(26)18-12-10-17(11-13-18)15-29-21-22-30(27,28)20-9-5-4-8-19(20)23(21)14-16-6-2-1-3-7-16/h1-13H,14-15H2. The third-order valence-corrected chi connectivity index (χ3v) is 7.04. The first-order chi connectivity index (χ1) is 14.4. The van der Waals surface area contributed by atoms with Crippen molar-refractivity contribution in [3.63, 3.8) is 0 Å². The molecule has 3 aromatic rings. The van der Waals surface area contributed by atoms with E-state index in [0.29, 0.717) is 23.2 Å². The summed E-state index contributed by atoms with van der Waals surface area (Å²) < 4.78 is 29.5. The summed E-state index contributed by atoms with van der Waals surface area (Å²) >= 11 is 1.28. The Kier molecular flexibility index (Phi) is 5.56. The highest BCUT2D eigenvalue weighted by molar-refractivity contribution is 8.14. The quantitative estimate of drug-likeness (QED) is 0.426. The summed E-state index contributed by atoms with van der Waals surface area (Å²) in [5.74, 6) is 0.430. The van der Waals surface area contributed by atoms with Gasteiger partial charge >= 0.3 is 0 Å². The Balaban J connectivity index is 1.65. The number of rotatable bonds is 5. The first kappa shape index (κ1) is 20.1. The van der Waals surface area contributed by atoms with Gasteiger partial charge in [0.25, 0.3) is 15.7 Å². The zero-order valence-electron chi connectivity index (χ0n) is 15.7. The summed E-state index contributed by atoms with van der Waals surface area (Å²) in [4.78, 5) is 12.5. The van der Waals surface area contributed by atoms with Crippen LogP contribution >= 0.6 is 11.8 Å². The second-order valence-corrected chi connectivity index (χ2v) is 9.12. The number of benzene rings is 3. The molecule has 0 aromatic heterocycles. The van der Waals surface area contributed by atoms with E-state index in [2.05, 4.69) is 4.40 Å². The first-order valence-electron chi connectivity index (χ1n) is 9.06. The Bertz CT molecular complexity index is 1210. The normalized spacial score (nSPS) is 14.7. The van der Waals surface area contributed by atoms with Gasteiger partial charge in [-0.15, -0.1) is 4.40 Å². The van der Waals surface area contributed by atoms with Crippen LogP contribution in [0.2, 0.25) is 0 Å². The van der Waals surface area contributed by atoms with Gasteiger partial charge in [0, 0.05) is 17.9 Å². The smallest absolute Gasteiger partial charge is 0.286 e. The van der Waals surface area contributed by atoms with Crippen molar-refractivity contribution in [3.05, 3.63) is 100 Å². The van der Waals surface area contributed by atoms with E-state index in [9.17, 15) is 18.5 Å². The molecule has 0 N–H and O–H groups in total. The predicted octanol–water partition coefficient (Wildman–Crippen LogP) is 4.59. The van der Waals surface area contributed by atoms with E-state index >= 15 is 0 Å². The number of sulfonamides is 1. The van der Waals surface area contributed by atoms with Crippen molar-refractivity contribution in [1.82, 2.24) is 0 Å². The topological polar surface area (TPSA) is 92.9 Å². The van der Waals surface area contributed by atoms with Crippen molar-refractivity contribution in [1.29, 1.82) is 0 Å². The Labute approximate surface area is 178 Å². The SMILES string of the molecule is O=[N+]([O-])c1ccc(CSC2=NS(=O)(=O)c3ccccc3N2Cc2ccccc2)cc1. The van der Waals surface area contributed by atoms with E-state index in [1.807, 2.05) is 35.2 Å². The molecule has 1 aliphatic rings. The van der Waals surface area contributed by atoms with Crippen LogP contribution in [0.3, 0.4) is 0 Å². The van der Waals surface area contributed by atoms with Crippen molar-refractivity contribution in [2.45, 2.75) is 17.2 Å². The van der Waals surface area contributed by atoms with Crippen molar-refractivity contribution >= 4 is 38.3 Å². The van der Waals surface area contributed by atoms with Gasteiger partial charge in [0.2, 0.25) is 0 Å². The molecule has 9 heteroatoms. The van der Waals surface area contributed by atoms with Crippen LogP contribution in [0, 0.1) is 10.1 Å². The highest BCUT2D eigenvalue weighted by Crippen LogP contribution is 2.36. The molecule has 0 saturated carbocycles. The van der Waals surface area contributed by atoms with Crippen LogP contribution in [0.15, 0.2) is 88.2 Å². The van der Waals surface area contributed by atoms with E-state index < -0.39 is 14.9 Å². The fourth-order valence-electron chi connectivity index (χ4n) is 3.09. The number of nitro benzene ring substituents is 1. The van der Waals surface area contributed by atoms with Crippen LogP contribution in [-0.2, 0) is 22.3 Å². The average molecular weight is 440 g/mol. The molecule has 3 aromatic carbocycles. The largest absolute Gasteiger partial charge is 0.315 e. The highest BCUT2D eigenvalue weighted by atomic mass is 32.2. The van der Waals surface area contributed by atoms with E-state index in [-0.39, 0.29) is 10.6 Å². The molecule has 30 heavy (non-hydrogen) atoms. The molecule has 1 aliphatic heterocycles. The number of para-hydroxylation sites is 1. The van der Waals surface area contributed by atoms with Gasteiger partial charge in [-0.2, -0.15) is 8.42 Å². The lowest BCUT2D eigenvalue weighted by molar-refractivity contribution is -0.384. The lowest BCUT2D eigenvalue weighted by Crippen LogP contribution is -2.33. The molecule has 0 aliphatic carbocycles. The molecule has 4 rings (SSSR count). The van der Waals surface area contributed by atoms with Crippen LogP contribution in [0.1, 0.15) is 11.1 Å². The minimum Gasteiger partial charge on any atom is -0.315 e. The van der Waals surface area contributed by atoms with Gasteiger partial charge in [-0.05, 0) is 23.3 Å². The number of thioether (sulfide) groups is 1. The van der Waals surface area contributed by atoms with Gasteiger partial charge in [0.15, 0.2) is 5.17 Å². The summed E-state index contributed by atoms with van der Waals surface area (Å²) in [6.07, 6.45) is 0. The van der Waals surface area contributed by atoms with Crippen molar-refractivity contribution < 1.29 is 13.3 Å². The molecule has 7 nitrogen and oxygen atoms in total. The van der Waals surface area contributed by atoms with Crippen molar-refractivity contribution in [2.24, 2.45) is 4.40 Å². The zero-order valence-corrected chi connectivity index (χ0v) is 17.3. The number of anilines is 1. The predicted molar refractivity (Wildman–Crippen MR) is 118 cm³/mol. The third-order valence-electron chi connectivity index (χ3n) is 4.56. The van der Waals surface area contributed by atoms with Gasteiger partial charge in [-0.1, -0.05) is 66.4 Å². The number of hydrogen-bond donors (Lipinski definition) is 0. The molecular weight excluding hydrogens is 422 g/mol. The highest BCUT2D eigenvalue weighted by Gasteiger charge is 2.30. The van der Waals surface area contributed by atoms with Crippen LogP contribution in [-0.4, -0.2) is 18.5 Å². The van der Waals surface area contributed by atoms with Gasteiger partial charge in [-0.3, -0.25) is 10.1 Å². The van der Waals surface area contributed by atoms with Gasteiger partial charge in [0.05, 0.1) is 17.2 Å². The average Bonchev–Trinajstić information content (AvgIpc) is 2.75. The number of fused-ring (bicyclic) bond motifs is 1. The third kappa shape index (κ3) is 4.22. The maximum absolute atomic E-state index is 12.7.